The van der Waals surface area contributed by atoms with E-state index in [1.807, 2.05) is 27.1 Å². The SMILES string of the molecule is CCO[Si](CCCC(C)N1C=NCC1)(OCC)OCC.Cl. The first-order chi connectivity index (χ1) is 9.67. The lowest BCUT2D eigenvalue weighted by Gasteiger charge is -2.29. The predicted molar refractivity (Wildman–Crippen MR) is 91.4 cm³/mol. The van der Waals surface area contributed by atoms with E-state index in [9.17, 15) is 0 Å². The summed E-state index contributed by atoms with van der Waals surface area (Å²) in [6.07, 6.45) is 4.16. The van der Waals surface area contributed by atoms with Gasteiger partial charge in [0.05, 0.1) is 12.9 Å². The summed E-state index contributed by atoms with van der Waals surface area (Å²) in [5.41, 5.74) is 0. The molecule has 1 heterocycles. The molecule has 0 aromatic rings. The van der Waals surface area contributed by atoms with Crippen molar-refractivity contribution in [1.29, 1.82) is 0 Å². The minimum Gasteiger partial charge on any atom is -0.374 e. The summed E-state index contributed by atoms with van der Waals surface area (Å²) in [6.45, 7) is 12.2. The molecule has 126 valence electrons. The molecule has 7 heteroatoms. The van der Waals surface area contributed by atoms with Crippen LogP contribution >= 0.6 is 12.4 Å². The first-order valence-corrected chi connectivity index (χ1v) is 9.78. The number of rotatable bonds is 11. The van der Waals surface area contributed by atoms with E-state index in [4.69, 9.17) is 13.3 Å². The van der Waals surface area contributed by atoms with Gasteiger partial charge >= 0.3 is 8.80 Å². The summed E-state index contributed by atoms with van der Waals surface area (Å²) in [4.78, 5) is 6.58. The monoisotopic (exact) mass is 338 g/mol. The largest absolute Gasteiger partial charge is 0.500 e. The molecule has 0 aromatic carbocycles. The molecular weight excluding hydrogens is 308 g/mol. The smallest absolute Gasteiger partial charge is 0.374 e. The maximum atomic E-state index is 5.87. The summed E-state index contributed by atoms with van der Waals surface area (Å²) in [5.74, 6) is 0. The average molecular weight is 339 g/mol. The Kier molecular flexibility index (Phi) is 11.3. The molecule has 0 bridgehead atoms. The third kappa shape index (κ3) is 7.10. The Balaban J connectivity index is 0.00000400. The summed E-state index contributed by atoms with van der Waals surface area (Å²) >= 11 is 0. The van der Waals surface area contributed by atoms with Crippen molar-refractivity contribution >= 4 is 27.6 Å². The predicted octanol–water partition coefficient (Wildman–Crippen LogP) is 2.97. The zero-order valence-corrected chi connectivity index (χ0v) is 15.7. The Morgan fingerprint density at radius 2 is 1.71 bits per heavy atom. The Morgan fingerprint density at radius 3 is 2.14 bits per heavy atom. The average Bonchev–Trinajstić information content (AvgIpc) is 2.93. The number of hydrogen-bond donors (Lipinski definition) is 0. The van der Waals surface area contributed by atoms with Crippen LogP contribution in [0.15, 0.2) is 4.99 Å². The molecule has 1 aliphatic rings. The third-order valence-corrected chi connectivity index (χ3v) is 6.63. The van der Waals surface area contributed by atoms with Gasteiger partial charge in [0, 0.05) is 38.5 Å². The molecule has 5 nitrogen and oxygen atoms in total. The van der Waals surface area contributed by atoms with E-state index in [-0.39, 0.29) is 12.4 Å². The zero-order chi connectivity index (χ0) is 14.8. The van der Waals surface area contributed by atoms with Gasteiger partial charge in [-0.3, -0.25) is 4.99 Å². The maximum absolute atomic E-state index is 5.87. The van der Waals surface area contributed by atoms with Crippen LogP contribution in [0, 0.1) is 0 Å². The number of nitrogens with zero attached hydrogens (tertiary/aromatic N) is 2. The summed E-state index contributed by atoms with van der Waals surface area (Å²) < 4.78 is 17.6. The van der Waals surface area contributed by atoms with Crippen LogP contribution in [0.5, 0.6) is 0 Å². The lowest BCUT2D eigenvalue weighted by Crippen LogP contribution is -2.46. The molecule has 0 spiro atoms. The first-order valence-electron chi connectivity index (χ1n) is 7.85. The van der Waals surface area contributed by atoms with Crippen LogP contribution in [0.3, 0.4) is 0 Å². The van der Waals surface area contributed by atoms with Gasteiger partial charge in [-0.05, 0) is 40.5 Å². The van der Waals surface area contributed by atoms with Crippen LogP contribution < -0.4 is 0 Å². The van der Waals surface area contributed by atoms with E-state index in [1.54, 1.807) is 0 Å². The van der Waals surface area contributed by atoms with Crippen molar-refractivity contribution in [2.75, 3.05) is 32.9 Å². The molecule has 1 rings (SSSR count). The van der Waals surface area contributed by atoms with Crippen molar-refractivity contribution in [1.82, 2.24) is 4.90 Å². The first kappa shape index (κ1) is 20.9. The van der Waals surface area contributed by atoms with Crippen molar-refractivity contribution in [2.24, 2.45) is 4.99 Å². The van der Waals surface area contributed by atoms with Crippen LogP contribution in [0.1, 0.15) is 40.5 Å². The minimum absolute atomic E-state index is 0. The van der Waals surface area contributed by atoms with Crippen molar-refractivity contribution < 1.29 is 13.3 Å². The molecule has 21 heavy (non-hydrogen) atoms. The van der Waals surface area contributed by atoms with E-state index in [1.165, 1.54) is 0 Å². The van der Waals surface area contributed by atoms with E-state index in [2.05, 4.69) is 16.8 Å². The van der Waals surface area contributed by atoms with Gasteiger partial charge in [-0.2, -0.15) is 0 Å². The fourth-order valence-electron chi connectivity index (χ4n) is 2.51. The molecule has 1 atom stereocenters. The van der Waals surface area contributed by atoms with Gasteiger partial charge in [-0.25, -0.2) is 0 Å². The normalized spacial score (nSPS) is 16.1. The topological polar surface area (TPSA) is 43.3 Å². The molecule has 0 amide bonds. The van der Waals surface area contributed by atoms with Crippen LogP contribution in [-0.4, -0.2) is 59.0 Å². The van der Waals surface area contributed by atoms with E-state index < -0.39 is 8.80 Å². The second-order valence-corrected chi connectivity index (χ2v) is 7.71. The van der Waals surface area contributed by atoms with E-state index in [0.29, 0.717) is 25.9 Å². The third-order valence-electron chi connectivity index (χ3n) is 3.48. The summed E-state index contributed by atoms with van der Waals surface area (Å²) in [7, 11) is -2.45. The van der Waals surface area contributed by atoms with Crippen LogP contribution in [0.25, 0.3) is 0 Å². The summed E-state index contributed by atoms with van der Waals surface area (Å²) in [5, 5.41) is 0. The van der Waals surface area contributed by atoms with Crippen molar-refractivity contribution in [2.45, 2.75) is 52.6 Å². The Bertz CT molecular complexity index is 278. The number of halogens is 1. The maximum Gasteiger partial charge on any atom is 0.500 e. The number of hydrogen-bond acceptors (Lipinski definition) is 5. The van der Waals surface area contributed by atoms with Gasteiger partial charge in [-0.1, -0.05) is 0 Å². The molecule has 0 aromatic heterocycles. The van der Waals surface area contributed by atoms with Gasteiger partial charge in [-0.15, -0.1) is 12.4 Å². The molecule has 0 fully saturated rings. The van der Waals surface area contributed by atoms with Crippen LogP contribution in [-0.2, 0) is 13.3 Å². The van der Waals surface area contributed by atoms with Crippen molar-refractivity contribution in [3.05, 3.63) is 0 Å². The Labute approximate surface area is 136 Å². The molecule has 1 unspecified atom stereocenters. The quantitative estimate of drug-likeness (QED) is 0.543. The molecular formula is C14H31ClN2O3Si. The zero-order valence-electron chi connectivity index (χ0n) is 13.8. The van der Waals surface area contributed by atoms with Crippen LogP contribution in [0.2, 0.25) is 6.04 Å². The second-order valence-electron chi connectivity index (χ2n) is 4.98. The lowest BCUT2D eigenvalue weighted by molar-refractivity contribution is 0.0703. The fraction of sp³-hybridized carbons (Fsp3) is 0.929. The molecule has 0 radical (unpaired) electrons. The highest BCUT2D eigenvalue weighted by Crippen LogP contribution is 2.21. The van der Waals surface area contributed by atoms with Gasteiger partial charge < -0.3 is 18.2 Å². The van der Waals surface area contributed by atoms with Crippen molar-refractivity contribution in [3.8, 4) is 0 Å². The Morgan fingerprint density at radius 1 is 1.14 bits per heavy atom. The highest BCUT2D eigenvalue weighted by Gasteiger charge is 2.39. The standard InChI is InChI=1S/C14H30N2O3Si.ClH/c1-5-17-20(18-6-2,19-7-3)12-8-9-14(4)16-11-10-15-13-16;/h13-14H,5-12H2,1-4H3;1H. The molecule has 1 aliphatic heterocycles. The second kappa shape index (κ2) is 11.4. The van der Waals surface area contributed by atoms with E-state index in [0.717, 1.165) is 32.0 Å². The fourth-order valence-corrected chi connectivity index (χ4v) is 5.15. The van der Waals surface area contributed by atoms with Crippen LogP contribution in [0.4, 0.5) is 0 Å². The van der Waals surface area contributed by atoms with E-state index >= 15 is 0 Å². The molecule has 0 N–H and O–H groups in total. The highest BCUT2D eigenvalue weighted by molar-refractivity contribution is 6.60. The molecule has 0 aliphatic carbocycles. The van der Waals surface area contributed by atoms with Gasteiger partial charge in [0.15, 0.2) is 0 Å². The molecule has 0 saturated heterocycles. The number of aliphatic imine (C=N–C) groups is 1. The minimum atomic E-state index is -2.45. The van der Waals surface area contributed by atoms with Gasteiger partial charge in [0.25, 0.3) is 0 Å². The molecule has 0 saturated carbocycles. The van der Waals surface area contributed by atoms with Crippen molar-refractivity contribution in [3.63, 3.8) is 0 Å². The Hall–Kier alpha value is -0.143. The van der Waals surface area contributed by atoms with Gasteiger partial charge in [0.2, 0.25) is 0 Å². The lowest BCUT2D eigenvalue weighted by atomic mass is 10.2. The van der Waals surface area contributed by atoms with Gasteiger partial charge in [0.1, 0.15) is 0 Å². The summed E-state index contributed by atoms with van der Waals surface area (Å²) in [6, 6.07) is 1.43. The highest BCUT2D eigenvalue weighted by atomic mass is 35.5.